The fourth-order valence-corrected chi connectivity index (χ4v) is 5.86. The Labute approximate surface area is 200 Å². The van der Waals surface area contributed by atoms with Crippen LogP contribution in [0.4, 0.5) is 9.18 Å². The zero-order valence-corrected chi connectivity index (χ0v) is 19.7. The highest BCUT2D eigenvalue weighted by atomic mass is 32.2. The van der Waals surface area contributed by atoms with E-state index in [9.17, 15) is 17.6 Å². The van der Waals surface area contributed by atoms with Gasteiger partial charge in [0.05, 0.1) is 33.9 Å². The van der Waals surface area contributed by atoms with Crippen LogP contribution in [-0.4, -0.2) is 41.4 Å². The lowest BCUT2D eigenvalue weighted by Crippen LogP contribution is -2.47. The van der Waals surface area contributed by atoms with E-state index in [0.29, 0.717) is 35.4 Å². The molecule has 10 heteroatoms. The third kappa shape index (κ3) is 4.22. The molecule has 2 amide bonds. The van der Waals surface area contributed by atoms with Crippen molar-refractivity contribution >= 4 is 50.4 Å². The third-order valence-corrected chi connectivity index (χ3v) is 8.06. The fraction of sp³-hybridized carbons (Fsp3) is 0.167. The second kappa shape index (κ2) is 9.03. The van der Waals surface area contributed by atoms with Crippen LogP contribution in [0.5, 0.6) is 0 Å². The first-order chi connectivity index (χ1) is 16.4. The molecule has 0 saturated carbocycles. The van der Waals surface area contributed by atoms with Crippen molar-refractivity contribution < 1.29 is 17.6 Å². The van der Waals surface area contributed by atoms with E-state index < -0.39 is 15.8 Å². The predicted molar refractivity (Wildman–Crippen MR) is 130 cm³/mol. The van der Waals surface area contributed by atoms with Crippen LogP contribution >= 0.6 is 11.3 Å². The number of hydrogen-bond acceptors (Lipinski definition) is 5. The Kier molecular flexibility index (Phi) is 5.93. The monoisotopic (exact) mass is 496 g/mol. The largest absolute Gasteiger partial charge is 0.332 e. The number of urea groups is 1. The van der Waals surface area contributed by atoms with Gasteiger partial charge in [-0.1, -0.05) is 18.2 Å². The van der Waals surface area contributed by atoms with E-state index in [2.05, 4.69) is 10.3 Å². The van der Waals surface area contributed by atoms with Crippen LogP contribution in [0.15, 0.2) is 64.3 Å². The molecule has 34 heavy (non-hydrogen) atoms. The number of halogens is 1. The minimum atomic E-state index is -4.01. The lowest BCUT2D eigenvalue weighted by Gasteiger charge is -2.30. The summed E-state index contributed by atoms with van der Waals surface area (Å²) in [6, 6.07) is 12.2. The zero-order valence-electron chi connectivity index (χ0n) is 18.0. The van der Waals surface area contributed by atoms with Gasteiger partial charge in [-0.05, 0) is 48.9 Å². The molecular formula is C24H21FN4O3S2. The minimum absolute atomic E-state index is 0.0122. The number of nitrogens with zero attached hydrogens (tertiary/aromatic N) is 3. The highest BCUT2D eigenvalue weighted by Gasteiger charge is 2.25. The first kappa shape index (κ1) is 22.3. The molecule has 5 rings (SSSR count). The summed E-state index contributed by atoms with van der Waals surface area (Å²) in [6.07, 6.45) is 4.20. The van der Waals surface area contributed by atoms with E-state index >= 15 is 0 Å². The Balaban J connectivity index is 1.61. The predicted octanol–water partition coefficient (Wildman–Crippen LogP) is 4.56. The summed E-state index contributed by atoms with van der Waals surface area (Å²) >= 11 is 1.43. The van der Waals surface area contributed by atoms with Gasteiger partial charge in [-0.15, -0.1) is 11.3 Å². The molecule has 0 spiro atoms. The Morgan fingerprint density at radius 2 is 1.94 bits per heavy atom. The van der Waals surface area contributed by atoms with Crippen molar-refractivity contribution in [1.82, 2.24) is 19.2 Å². The molecule has 4 aromatic rings. The van der Waals surface area contributed by atoms with E-state index in [1.54, 1.807) is 46.8 Å². The SMILES string of the molecule is O=C(NCc1cc2cc(F)c(/C=C/c3cscn3)cc2n1S(=O)(=O)c1ccccc1)N1CCC1. The van der Waals surface area contributed by atoms with E-state index in [1.807, 2.05) is 5.38 Å². The summed E-state index contributed by atoms with van der Waals surface area (Å²) in [5.74, 6) is -0.482. The van der Waals surface area contributed by atoms with Gasteiger partial charge >= 0.3 is 6.03 Å². The first-order valence-electron chi connectivity index (χ1n) is 10.7. The number of carbonyl (C=O) groups excluding carboxylic acids is 1. The molecule has 1 N–H and O–H groups in total. The fourth-order valence-electron chi connectivity index (χ4n) is 3.79. The number of likely N-dealkylation sites (tertiary alicyclic amines) is 1. The highest BCUT2D eigenvalue weighted by Crippen LogP contribution is 2.29. The second-order valence-corrected chi connectivity index (χ2v) is 10.4. The van der Waals surface area contributed by atoms with Gasteiger partial charge in [0.2, 0.25) is 0 Å². The Morgan fingerprint density at radius 1 is 1.15 bits per heavy atom. The van der Waals surface area contributed by atoms with E-state index in [4.69, 9.17) is 0 Å². The molecule has 1 aliphatic heterocycles. The molecule has 2 aromatic heterocycles. The summed E-state index contributed by atoms with van der Waals surface area (Å²) in [5.41, 5.74) is 3.27. The van der Waals surface area contributed by atoms with Crippen LogP contribution in [0.25, 0.3) is 23.1 Å². The van der Waals surface area contributed by atoms with Gasteiger partial charge in [-0.2, -0.15) is 0 Å². The molecule has 2 aromatic carbocycles. The van der Waals surface area contributed by atoms with Crippen LogP contribution < -0.4 is 5.32 Å². The standard InChI is InChI=1S/C24H21FN4O3S2/c25-22-12-18-11-20(14-26-24(30)28-9-4-10-28)29(34(31,32)21-5-2-1-3-6-21)23(18)13-17(22)7-8-19-15-33-16-27-19/h1-3,5-8,11-13,15-16H,4,9-10,14H2,(H,26,30)/b8-7+. The molecule has 0 atom stereocenters. The number of amides is 2. The van der Waals surface area contributed by atoms with Crippen molar-refractivity contribution in [2.75, 3.05) is 13.1 Å². The molecule has 1 aliphatic rings. The van der Waals surface area contributed by atoms with E-state index in [0.717, 1.165) is 6.42 Å². The van der Waals surface area contributed by atoms with Crippen molar-refractivity contribution in [3.63, 3.8) is 0 Å². The quantitative estimate of drug-likeness (QED) is 0.424. The molecule has 1 saturated heterocycles. The lowest BCUT2D eigenvalue weighted by atomic mass is 10.1. The van der Waals surface area contributed by atoms with Gasteiger partial charge in [0.1, 0.15) is 5.82 Å². The van der Waals surface area contributed by atoms with Crippen molar-refractivity contribution in [2.45, 2.75) is 17.9 Å². The van der Waals surface area contributed by atoms with E-state index in [-0.39, 0.29) is 23.0 Å². The zero-order chi connectivity index (χ0) is 23.7. The second-order valence-electron chi connectivity index (χ2n) is 7.90. The summed E-state index contributed by atoms with van der Waals surface area (Å²) in [4.78, 5) is 18.2. The highest BCUT2D eigenvalue weighted by molar-refractivity contribution is 7.90. The number of carbonyl (C=O) groups is 1. The Hall–Kier alpha value is -3.50. The molecule has 1 fully saturated rings. The summed E-state index contributed by atoms with van der Waals surface area (Å²) in [5, 5.41) is 5.04. The van der Waals surface area contributed by atoms with Crippen LogP contribution in [0.2, 0.25) is 0 Å². The van der Waals surface area contributed by atoms with E-state index in [1.165, 1.54) is 39.6 Å². The number of thiazole rings is 1. The Morgan fingerprint density at radius 3 is 2.62 bits per heavy atom. The summed E-state index contributed by atoms with van der Waals surface area (Å²) < 4.78 is 43.3. The first-order valence-corrected chi connectivity index (χ1v) is 13.1. The van der Waals surface area contributed by atoms with Crippen molar-refractivity contribution in [2.24, 2.45) is 0 Å². The van der Waals surface area contributed by atoms with Gasteiger partial charge in [0.15, 0.2) is 0 Å². The van der Waals surface area contributed by atoms with Gasteiger partial charge < -0.3 is 10.2 Å². The molecular weight excluding hydrogens is 475 g/mol. The van der Waals surface area contributed by atoms with Gasteiger partial charge in [-0.3, -0.25) is 0 Å². The number of aromatic nitrogens is 2. The Bertz CT molecular complexity index is 1480. The van der Waals surface area contributed by atoms with Crippen molar-refractivity contribution in [1.29, 1.82) is 0 Å². The average molecular weight is 497 g/mol. The maximum Gasteiger partial charge on any atom is 0.317 e. The van der Waals surface area contributed by atoms with Crippen molar-refractivity contribution in [3.8, 4) is 0 Å². The van der Waals surface area contributed by atoms with Crippen LogP contribution in [0.1, 0.15) is 23.4 Å². The minimum Gasteiger partial charge on any atom is -0.332 e. The average Bonchev–Trinajstić information content (AvgIpc) is 3.43. The summed E-state index contributed by atoms with van der Waals surface area (Å²) in [7, 11) is -4.01. The van der Waals surface area contributed by atoms with Gasteiger partial charge in [-0.25, -0.2) is 26.6 Å². The van der Waals surface area contributed by atoms with Crippen LogP contribution in [0, 0.1) is 5.82 Å². The van der Waals surface area contributed by atoms with Gasteiger partial charge in [0, 0.05) is 29.4 Å². The molecule has 174 valence electrons. The maximum absolute atomic E-state index is 14.9. The molecule has 0 radical (unpaired) electrons. The smallest absolute Gasteiger partial charge is 0.317 e. The molecule has 3 heterocycles. The molecule has 7 nitrogen and oxygen atoms in total. The number of fused-ring (bicyclic) bond motifs is 1. The number of rotatable bonds is 6. The van der Waals surface area contributed by atoms with Gasteiger partial charge in [0.25, 0.3) is 10.0 Å². The number of nitrogens with one attached hydrogen (secondary N) is 1. The van der Waals surface area contributed by atoms with Crippen molar-refractivity contribution in [3.05, 3.63) is 82.2 Å². The van der Waals surface area contributed by atoms with Crippen LogP contribution in [-0.2, 0) is 16.6 Å². The van der Waals surface area contributed by atoms with Crippen LogP contribution in [0.3, 0.4) is 0 Å². The third-order valence-electron chi connectivity index (χ3n) is 5.68. The lowest BCUT2D eigenvalue weighted by molar-refractivity contribution is 0.167. The molecule has 0 bridgehead atoms. The number of benzene rings is 2. The topological polar surface area (TPSA) is 84.3 Å². The normalized spacial score (nSPS) is 14.0. The number of hydrogen-bond donors (Lipinski definition) is 1. The maximum atomic E-state index is 14.9. The molecule has 0 aliphatic carbocycles. The molecule has 0 unspecified atom stereocenters. The summed E-state index contributed by atoms with van der Waals surface area (Å²) in [6.45, 7) is 1.34.